The van der Waals surface area contributed by atoms with Crippen LogP contribution in [0.15, 0.2) is 18.2 Å². The van der Waals surface area contributed by atoms with E-state index in [2.05, 4.69) is 15.1 Å². The number of nitrogens with zero attached hydrogens (tertiary/aromatic N) is 4. The van der Waals surface area contributed by atoms with Crippen LogP contribution in [0.5, 0.6) is 11.5 Å². The molecule has 7 nitrogen and oxygen atoms in total. The van der Waals surface area contributed by atoms with Crippen LogP contribution in [0, 0.1) is 6.92 Å². The predicted molar refractivity (Wildman–Crippen MR) is 92.3 cm³/mol. The summed E-state index contributed by atoms with van der Waals surface area (Å²) in [5, 5.41) is 10.1. The first-order valence-electron chi connectivity index (χ1n) is 7.68. The van der Waals surface area contributed by atoms with Crippen molar-refractivity contribution in [1.29, 1.82) is 0 Å². The van der Waals surface area contributed by atoms with Gasteiger partial charge >= 0.3 is 0 Å². The SMILES string of the molecule is COc1ccc(C(=O)N2CCN(c3nnc(C)s3)CC2)cc1OC. The molecule has 2 aromatic rings. The second-order valence-corrected chi connectivity index (χ2v) is 6.61. The number of aromatic nitrogens is 2. The number of carbonyl (C=O) groups is 1. The zero-order valence-electron chi connectivity index (χ0n) is 14.0. The third-order valence-electron chi connectivity index (χ3n) is 3.98. The molecule has 0 aliphatic carbocycles. The quantitative estimate of drug-likeness (QED) is 0.840. The highest BCUT2D eigenvalue weighted by atomic mass is 32.1. The van der Waals surface area contributed by atoms with Crippen LogP contribution in [0.1, 0.15) is 15.4 Å². The van der Waals surface area contributed by atoms with E-state index in [9.17, 15) is 4.79 Å². The molecule has 3 rings (SSSR count). The van der Waals surface area contributed by atoms with Crippen LogP contribution < -0.4 is 14.4 Å². The Morgan fingerprint density at radius 1 is 1.08 bits per heavy atom. The highest BCUT2D eigenvalue weighted by molar-refractivity contribution is 7.15. The average Bonchev–Trinajstić information content (AvgIpc) is 3.07. The third-order valence-corrected chi connectivity index (χ3v) is 4.88. The van der Waals surface area contributed by atoms with E-state index < -0.39 is 0 Å². The number of carbonyl (C=O) groups excluding carboxylic acids is 1. The second-order valence-electron chi connectivity index (χ2n) is 5.45. The number of hydrogen-bond donors (Lipinski definition) is 0. The van der Waals surface area contributed by atoms with E-state index in [1.807, 2.05) is 11.8 Å². The summed E-state index contributed by atoms with van der Waals surface area (Å²) in [4.78, 5) is 16.7. The number of ether oxygens (including phenoxy) is 2. The molecule has 0 atom stereocenters. The first kappa shape index (κ1) is 16.5. The van der Waals surface area contributed by atoms with Crippen molar-refractivity contribution >= 4 is 22.4 Å². The molecular weight excluding hydrogens is 328 g/mol. The van der Waals surface area contributed by atoms with Crippen molar-refractivity contribution in [3.05, 3.63) is 28.8 Å². The van der Waals surface area contributed by atoms with E-state index in [4.69, 9.17) is 9.47 Å². The van der Waals surface area contributed by atoms with Gasteiger partial charge in [-0.2, -0.15) is 0 Å². The van der Waals surface area contributed by atoms with Gasteiger partial charge in [0.2, 0.25) is 5.13 Å². The van der Waals surface area contributed by atoms with E-state index in [1.165, 1.54) is 0 Å². The Kier molecular flexibility index (Phi) is 4.84. The maximum absolute atomic E-state index is 12.7. The van der Waals surface area contributed by atoms with Gasteiger partial charge in [0.05, 0.1) is 14.2 Å². The molecule has 0 unspecified atom stereocenters. The Labute approximate surface area is 144 Å². The first-order valence-corrected chi connectivity index (χ1v) is 8.50. The summed E-state index contributed by atoms with van der Waals surface area (Å²) in [6.45, 7) is 4.77. The summed E-state index contributed by atoms with van der Waals surface area (Å²) in [6, 6.07) is 5.25. The zero-order chi connectivity index (χ0) is 17.1. The standard InChI is InChI=1S/C16H20N4O3S/c1-11-17-18-16(24-11)20-8-6-19(7-9-20)15(21)12-4-5-13(22-2)14(10-12)23-3/h4-5,10H,6-9H2,1-3H3. The van der Waals surface area contributed by atoms with Crippen LogP contribution in [0.4, 0.5) is 5.13 Å². The summed E-state index contributed by atoms with van der Waals surface area (Å²) in [6.07, 6.45) is 0. The molecule has 1 aromatic carbocycles. The van der Waals surface area contributed by atoms with Gasteiger partial charge in [-0.25, -0.2) is 0 Å². The lowest BCUT2D eigenvalue weighted by Gasteiger charge is -2.34. The number of hydrogen-bond acceptors (Lipinski definition) is 7. The van der Waals surface area contributed by atoms with E-state index in [0.29, 0.717) is 30.2 Å². The summed E-state index contributed by atoms with van der Waals surface area (Å²) < 4.78 is 10.5. The first-order chi connectivity index (χ1) is 11.6. The molecule has 0 N–H and O–H groups in total. The van der Waals surface area contributed by atoms with Gasteiger partial charge in [-0.05, 0) is 25.1 Å². The number of anilines is 1. The van der Waals surface area contributed by atoms with Crippen molar-refractivity contribution in [2.24, 2.45) is 0 Å². The third kappa shape index (κ3) is 3.28. The van der Waals surface area contributed by atoms with Crippen molar-refractivity contribution in [2.75, 3.05) is 45.3 Å². The number of rotatable bonds is 4. The minimum atomic E-state index is 0.00375. The smallest absolute Gasteiger partial charge is 0.254 e. The fourth-order valence-corrected chi connectivity index (χ4v) is 3.41. The second kappa shape index (κ2) is 7.04. The average molecular weight is 348 g/mol. The Morgan fingerprint density at radius 2 is 1.79 bits per heavy atom. The Bertz CT molecular complexity index is 726. The molecule has 1 aromatic heterocycles. The molecule has 2 heterocycles. The van der Waals surface area contributed by atoms with Gasteiger partial charge < -0.3 is 19.3 Å². The highest BCUT2D eigenvalue weighted by Gasteiger charge is 2.24. The van der Waals surface area contributed by atoms with Crippen LogP contribution in [0.2, 0.25) is 0 Å². The van der Waals surface area contributed by atoms with E-state index >= 15 is 0 Å². The molecule has 0 radical (unpaired) electrons. The molecule has 1 aliphatic rings. The highest BCUT2D eigenvalue weighted by Crippen LogP contribution is 2.28. The van der Waals surface area contributed by atoms with Crippen molar-refractivity contribution < 1.29 is 14.3 Å². The summed E-state index contributed by atoms with van der Waals surface area (Å²) in [7, 11) is 3.14. The minimum absolute atomic E-state index is 0.00375. The van der Waals surface area contributed by atoms with Crippen LogP contribution in [-0.4, -0.2) is 61.4 Å². The van der Waals surface area contributed by atoms with E-state index in [0.717, 1.165) is 23.2 Å². The predicted octanol–water partition coefficient (Wildman–Crippen LogP) is 1.83. The Morgan fingerprint density at radius 3 is 2.38 bits per heavy atom. The van der Waals surface area contributed by atoms with Crippen LogP contribution in [-0.2, 0) is 0 Å². The van der Waals surface area contributed by atoms with Crippen molar-refractivity contribution in [3.63, 3.8) is 0 Å². The number of piperazine rings is 1. The Hall–Kier alpha value is -2.35. The van der Waals surface area contributed by atoms with Crippen molar-refractivity contribution in [1.82, 2.24) is 15.1 Å². The molecule has 24 heavy (non-hydrogen) atoms. The molecule has 0 saturated carbocycles. The molecular formula is C16H20N4O3S. The van der Waals surface area contributed by atoms with Gasteiger partial charge in [0.25, 0.3) is 5.91 Å². The lowest BCUT2D eigenvalue weighted by molar-refractivity contribution is 0.0746. The molecule has 8 heteroatoms. The molecule has 1 aliphatic heterocycles. The van der Waals surface area contributed by atoms with Gasteiger partial charge in [0.1, 0.15) is 5.01 Å². The Balaban J connectivity index is 1.67. The summed E-state index contributed by atoms with van der Waals surface area (Å²) in [5.74, 6) is 1.18. The fourth-order valence-electron chi connectivity index (χ4n) is 2.67. The van der Waals surface area contributed by atoms with Crippen LogP contribution >= 0.6 is 11.3 Å². The monoisotopic (exact) mass is 348 g/mol. The molecule has 1 saturated heterocycles. The topological polar surface area (TPSA) is 67.8 Å². The molecule has 1 amide bonds. The van der Waals surface area contributed by atoms with Gasteiger partial charge in [-0.1, -0.05) is 11.3 Å². The van der Waals surface area contributed by atoms with E-state index in [1.54, 1.807) is 43.8 Å². The van der Waals surface area contributed by atoms with Crippen molar-refractivity contribution in [3.8, 4) is 11.5 Å². The molecule has 128 valence electrons. The van der Waals surface area contributed by atoms with Crippen molar-refractivity contribution in [2.45, 2.75) is 6.92 Å². The fraction of sp³-hybridized carbons (Fsp3) is 0.438. The number of amides is 1. The molecule has 1 fully saturated rings. The lowest BCUT2D eigenvalue weighted by atomic mass is 10.1. The van der Waals surface area contributed by atoms with E-state index in [-0.39, 0.29) is 5.91 Å². The normalized spacial score (nSPS) is 14.6. The van der Waals surface area contributed by atoms with Gasteiger partial charge in [0.15, 0.2) is 11.5 Å². The summed E-state index contributed by atoms with van der Waals surface area (Å²) in [5.41, 5.74) is 0.604. The number of benzene rings is 1. The van der Waals surface area contributed by atoms with Crippen LogP contribution in [0.25, 0.3) is 0 Å². The van der Waals surface area contributed by atoms with Crippen LogP contribution in [0.3, 0.4) is 0 Å². The summed E-state index contributed by atoms with van der Waals surface area (Å²) >= 11 is 1.58. The molecule has 0 spiro atoms. The van der Waals surface area contributed by atoms with Gasteiger partial charge in [-0.15, -0.1) is 10.2 Å². The zero-order valence-corrected chi connectivity index (χ0v) is 14.8. The molecule has 0 bridgehead atoms. The number of aryl methyl sites for hydroxylation is 1. The number of methoxy groups -OCH3 is 2. The minimum Gasteiger partial charge on any atom is -0.493 e. The largest absolute Gasteiger partial charge is 0.493 e. The maximum atomic E-state index is 12.7. The van der Waals surface area contributed by atoms with Gasteiger partial charge in [-0.3, -0.25) is 4.79 Å². The van der Waals surface area contributed by atoms with Gasteiger partial charge in [0, 0.05) is 31.7 Å². The maximum Gasteiger partial charge on any atom is 0.254 e. The lowest BCUT2D eigenvalue weighted by Crippen LogP contribution is -2.48.